The third-order valence-electron chi connectivity index (χ3n) is 5.89. The first-order valence-electron chi connectivity index (χ1n) is 10.3. The van der Waals surface area contributed by atoms with E-state index >= 15 is 0 Å². The lowest BCUT2D eigenvalue weighted by Crippen LogP contribution is -2.45. The highest BCUT2D eigenvalue weighted by molar-refractivity contribution is 6.07. The van der Waals surface area contributed by atoms with E-state index in [2.05, 4.69) is 0 Å². The molecule has 7 nitrogen and oxygen atoms in total. The van der Waals surface area contributed by atoms with E-state index in [4.69, 9.17) is 4.74 Å². The van der Waals surface area contributed by atoms with E-state index in [1.54, 1.807) is 4.90 Å². The lowest BCUT2D eigenvalue weighted by molar-refractivity contribution is -0.161. The Bertz CT molecular complexity index is 755. The number of likely N-dealkylation sites (tertiary alicyclic amines) is 1. The van der Waals surface area contributed by atoms with Crippen molar-refractivity contribution in [1.29, 1.82) is 0 Å². The molecule has 1 aliphatic carbocycles. The lowest BCUT2D eigenvalue weighted by atomic mass is 9.81. The summed E-state index contributed by atoms with van der Waals surface area (Å²) >= 11 is 0. The number of ether oxygens (including phenoxy) is 1. The van der Waals surface area contributed by atoms with Crippen LogP contribution in [0.25, 0.3) is 0 Å². The molecule has 156 valence electrons. The smallest absolute Gasteiger partial charge is 0.329 e. The molecule has 0 aromatic heterocycles. The summed E-state index contributed by atoms with van der Waals surface area (Å²) in [6.07, 6.45) is 3.24. The number of esters is 1. The van der Waals surface area contributed by atoms with Gasteiger partial charge >= 0.3 is 5.97 Å². The summed E-state index contributed by atoms with van der Waals surface area (Å²) in [5.41, 5.74) is 0.985. The summed E-state index contributed by atoms with van der Waals surface area (Å²) in [5.74, 6) is -2.23. The third-order valence-corrected chi connectivity index (χ3v) is 5.89. The Hall–Kier alpha value is -2.70. The zero-order valence-electron chi connectivity index (χ0n) is 17.0. The average Bonchev–Trinajstić information content (AvgIpc) is 3.00. The second-order valence-corrected chi connectivity index (χ2v) is 7.72. The van der Waals surface area contributed by atoms with Gasteiger partial charge < -0.3 is 9.64 Å². The van der Waals surface area contributed by atoms with E-state index in [0.29, 0.717) is 25.9 Å². The minimum absolute atomic E-state index is 0.283. The number of fused-ring (bicyclic) bond motifs is 1. The van der Waals surface area contributed by atoms with Crippen LogP contribution in [0.3, 0.4) is 0 Å². The number of benzene rings is 1. The number of hydrogen-bond acceptors (Lipinski definition) is 5. The first-order valence-corrected chi connectivity index (χ1v) is 10.3. The Morgan fingerprint density at radius 2 is 1.69 bits per heavy atom. The summed E-state index contributed by atoms with van der Waals surface area (Å²) in [7, 11) is 0. The fourth-order valence-corrected chi connectivity index (χ4v) is 4.20. The van der Waals surface area contributed by atoms with E-state index < -0.39 is 18.6 Å². The number of rotatable bonds is 7. The number of likely N-dealkylation sites (N-methyl/N-ethyl adjacent to an activating group) is 1. The number of carbonyl (C=O) groups is 4. The molecule has 2 fully saturated rings. The number of nitrogens with zero attached hydrogens (tertiary/aromatic N) is 2. The van der Waals surface area contributed by atoms with Crippen molar-refractivity contribution in [1.82, 2.24) is 9.80 Å². The predicted molar refractivity (Wildman–Crippen MR) is 105 cm³/mol. The summed E-state index contributed by atoms with van der Waals surface area (Å²) in [6, 6.07) is 8.54. The van der Waals surface area contributed by atoms with Crippen LogP contribution in [0.4, 0.5) is 0 Å². The minimum Gasteiger partial charge on any atom is -0.454 e. The third kappa shape index (κ3) is 4.49. The van der Waals surface area contributed by atoms with Gasteiger partial charge in [-0.15, -0.1) is 0 Å². The van der Waals surface area contributed by atoms with Crippen molar-refractivity contribution in [3.63, 3.8) is 0 Å². The van der Waals surface area contributed by atoms with Crippen LogP contribution in [0, 0.1) is 11.8 Å². The molecule has 1 aromatic rings. The molecule has 7 heteroatoms. The molecule has 1 saturated heterocycles. The molecular weight excluding hydrogens is 372 g/mol. The van der Waals surface area contributed by atoms with Crippen LogP contribution in [0.5, 0.6) is 0 Å². The molecule has 1 saturated carbocycles. The van der Waals surface area contributed by atoms with Gasteiger partial charge in [-0.2, -0.15) is 0 Å². The monoisotopic (exact) mass is 400 g/mol. The first kappa shape index (κ1) is 21.0. The average molecular weight is 400 g/mol. The van der Waals surface area contributed by atoms with E-state index in [9.17, 15) is 19.2 Å². The van der Waals surface area contributed by atoms with Gasteiger partial charge in [0.05, 0.1) is 11.8 Å². The highest BCUT2D eigenvalue weighted by atomic mass is 16.5. The fourth-order valence-electron chi connectivity index (χ4n) is 4.20. The van der Waals surface area contributed by atoms with Crippen molar-refractivity contribution in [3.05, 3.63) is 35.9 Å². The van der Waals surface area contributed by atoms with Crippen LogP contribution in [0.2, 0.25) is 0 Å². The normalized spacial score (nSPS) is 22.2. The lowest BCUT2D eigenvalue weighted by Gasteiger charge is -2.23. The van der Waals surface area contributed by atoms with Crippen molar-refractivity contribution in [2.45, 2.75) is 52.1 Å². The van der Waals surface area contributed by atoms with E-state index in [1.807, 2.05) is 37.3 Å². The van der Waals surface area contributed by atoms with Gasteiger partial charge in [0.1, 0.15) is 6.04 Å². The summed E-state index contributed by atoms with van der Waals surface area (Å²) in [4.78, 5) is 52.8. The molecule has 0 spiro atoms. The number of carbonyl (C=O) groups excluding carboxylic acids is 4. The first-order chi connectivity index (χ1) is 13.9. The van der Waals surface area contributed by atoms with Crippen molar-refractivity contribution in [2.24, 2.45) is 11.8 Å². The Morgan fingerprint density at radius 1 is 1.10 bits per heavy atom. The quantitative estimate of drug-likeness (QED) is 0.517. The predicted octanol–water partition coefficient (Wildman–Crippen LogP) is 2.14. The second-order valence-electron chi connectivity index (χ2n) is 7.72. The molecule has 0 radical (unpaired) electrons. The van der Waals surface area contributed by atoms with Crippen LogP contribution in [0.15, 0.2) is 30.3 Å². The maximum atomic E-state index is 12.6. The van der Waals surface area contributed by atoms with Crippen molar-refractivity contribution >= 4 is 23.7 Å². The second kappa shape index (κ2) is 9.20. The van der Waals surface area contributed by atoms with Crippen LogP contribution in [-0.4, -0.2) is 52.7 Å². The minimum atomic E-state index is -1.02. The van der Waals surface area contributed by atoms with E-state index in [0.717, 1.165) is 23.3 Å². The van der Waals surface area contributed by atoms with Gasteiger partial charge in [-0.05, 0) is 32.3 Å². The molecule has 3 rings (SSSR count). The molecule has 3 unspecified atom stereocenters. The summed E-state index contributed by atoms with van der Waals surface area (Å²) in [6.45, 7) is 3.84. The van der Waals surface area contributed by atoms with Gasteiger partial charge in [0, 0.05) is 13.1 Å². The van der Waals surface area contributed by atoms with Gasteiger partial charge in [-0.3, -0.25) is 19.3 Å². The maximum absolute atomic E-state index is 12.6. The molecule has 0 N–H and O–H groups in total. The van der Waals surface area contributed by atoms with Crippen molar-refractivity contribution < 1.29 is 23.9 Å². The molecular formula is C22H28N2O5. The van der Waals surface area contributed by atoms with Gasteiger partial charge in [0.2, 0.25) is 11.8 Å². The fraction of sp³-hybridized carbons (Fsp3) is 0.545. The maximum Gasteiger partial charge on any atom is 0.329 e. The van der Waals surface area contributed by atoms with Crippen molar-refractivity contribution in [2.75, 3.05) is 13.2 Å². The Kier molecular flexibility index (Phi) is 6.67. The van der Waals surface area contributed by atoms with Gasteiger partial charge in [0.25, 0.3) is 5.91 Å². The van der Waals surface area contributed by atoms with Crippen LogP contribution < -0.4 is 0 Å². The number of imide groups is 1. The van der Waals surface area contributed by atoms with Crippen molar-refractivity contribution in [3.8, 4) is 0 Å². The van der Waals surface area contributed by atoms with Gasteiger partial charge in [-0.25, -0.2) is 4.79 Å². The highest BCUT2D eigenvalue weighted by Crippen LogP contribution is 2.38. The molecule has 2 aliphatic rings. The molecule has 1 aliphatic heterocycles. The van der Waals surface area contributed by atoms with Crippen LogP contribution in [-0.2, 0) is 30.5 Å². The summed E-state index contributed by atoms with van der Waals surface area (Å²) in [5, 5.41) is 0. The van der Waals surface area contributed by atoms with E-state index in [1.165, 1.54) is 6.92 Å². The number of hydrogen-bond donors (Lipinski definition) is 0. The molecule has 29 heavy (non-hydrogen) atoms. The Labute approximate surface area is 171 Å². The zero-order chi connectivity index (χ0) is 21.0. The molecule has 0 bridgehead atoms. The Morgan fingerprint density at radius 3 is 2.24 bits per heavy atom. The largest absolute Gasteiger partial charge is 0.454 e. The standard InChI is InChI=1S/C22H28N2O5/c1-3-23(13-16-9-5-4-6-10-16)19(25)14-29-22(28)15(2)24-20(26)17-11-7-8-12-18(17)21(24)27/h4-6,9-10,15,17-18H,3,7-8,11-14H2,1-2H3. The highest BCUT2D eigenvalue weighted by Gasteiger charge is 2.51. The molecule has 1 aromatic carbocycles. The topological polar surface area (TPSA) is 84.0 Å². The van der Waals surface area contributed by atoms with Crippen LogP contribution >= 0.6 is 0 Å². The number of amides is 3. The molecule has 3 amide bonds. The SMILES string of the molecule is CCN(Cc1ccccc1)C(=O)COC(=O)C(C)N1C(=O)C2CCCCC2C1=O. The van der Waals surface area contributed by atoms with Gasteiger partial charge in [-0.1, -0.05) is 43.2 Å². The van der Waals surface area contributed by atoms with E-state index in [-0.39, 0.29) is 29.6 Å². The van der Waals surface area contributed by atoms with Gasteiger partial charge in [0.15, 0.2) is 6.61 Å². The summed E-state index contributed by atoms with van der Waals surface area (Å²) < 4.78 is 5.17. The Balaban J connectivity index is 1.56. The molecule has 1 heterocycles. The van der Waals surface area contributed by atoms with Crippen LogP contribution in [0.1, 0.15) is 45.1 Å². The molecule has 3 atom stereocenters. The zero-order valence-corrected chi connectivity index (χ0v) is 17.0.